The summed E-state index contributed by atoms with van der Waals surface area (Å²) in [5.41, 5.74) is 1.67. The molecule has 6 nitrogen and oxygen atoms in total. The molecule has 0 unspecified atom stereocenters. The first-order valence-electron chi connectivity index (χ1n) is 11.7. The van der Waals surface area contributed by atoms with E-state index in [9.17, 15) is 18.0 Å². The topological polar surface area (TPSA) is 58.6 Å². The predicted octanol–water partition coefficient (Wildman–Crippen LogP) is 5.12. The van der Waals surface area contributed by atoms with Gasteiger partial charge in [0.05, 0.1) is 17.8 Å². The Bertz CT molecular complexity index is 1240. The molecule has 0 radical (unpaired) electrons. The molecule has 5 rings (SSSR count). The van der Waals surface area contributed by atoms with Crippen LogP contribution in [0.25, 0.3) is 0 Å². The Morgan fingerprint density at radius 2 is 1.69 bits per heavy atom. The maximum Gasteiger partial charge on any atom is 0.254 e. The maximum absolute atomic E-state index is 14.4. The third-order valence-corrected chi connectivity index (χ3v) is 6.56. The van der Waals surface area contributed by atoms with E-state index < -0.39 is 17.5 Å². The van der Waals surface area contributed by atoms with Gasteiger partial charge in [0.1, 0.15) is 11.6 Å². The smallest absolute Gasteiger partial charge is 0.254 e. The second-order valence-corrected chi connectivity index (χ2v) is 9.08. The van der Waals surface area contributed by atoms with Gasteiger partial charge in [0.15, 0.2) is 11.6 Å². The van der Waals surface area contributed by atoms with Crippen molar-refractivity contribution in [1.82, 2.24) is 14.9 Å². The Hall–Kier alpha value is -3.62. The summed E-state index contributed by atoms with van der Waals surface area (Å²) in [4.78, 5) is 26.1. The van der Waals surface area contributed by atoms with E-state index in [1.807, 2.05) is 0 Å². The van der Waals surface area contributed by atoms with E-state index in [4.69, 9.17) is 9.72 Å². The molecule has 3 aromatic rings. The van der Waals surface area contributed by atoms with E-state index in [2.05, 4.69) is 16.8 Å². The molecule has 0 aliphatic carbocycles. The zero-order valence-corrected chi connectivity index (χ0v) is 19.3. The lowest BCUT2D eigenvalue weighted by molar-refractivity contribution is 0.0731. The standard InChI is InChI=1S/C26H25F3N4O2/c1-16-8-11-32(12-9-16)26-30-22-10-13-33(25(34)17-2-4-18(27)5-3-17)15-20(22)24(31-26)35-23-7-6-19(28)14-21(23)29/h2-7,14,16H,8-13,15H2,1H3. The van der Waals surface area contributed by atoms with Gasteiger partial charge in [-0.2, -0.15) is 4.98 Å². The Balaban J connectivity index is 1.49. The number of hydrogen-bond acceptors (Lipinski definition) is 5. The molecule has 0 bridgehead atoms. The average Bonchev–Trinajstić information content (AvgIpc) is 2.86. The highest BCUT2D eigenvalue weighted by Gasteiger charge is 2.29. The van der Waals surface area contributed by atoms with Crippen LogP contribution in [0, 0.1) is 23.4 Å². The normalized spacial score (nSPS) is 16.2. The number of rotatable bonds is 4. The van der Waals surface area contributed by atoms with Gasteiger partial charge in [0.2, 0.25) is 11.8 Å². The van der Waals surface area contributed by atoms with Crippen LogP contribution in [0.15, 0.2) is 42.5 Å². The molecular formula is C26H25F3N4O2. The number of anilines is 1. The van der Waals surface area contributed by atoms with Gasteiger partial charge in [-0.3, -0.25) is 4.79 Å². The number of aromatic nitrogens is 2. The lowest BCUT2D eigenvalue weighted by Gasteiger charge is -2.33. The minimum absolute atomic E-state index is 0.144. The molecule has 0 saturated carbocycles. The number of nitrogens with zero attached hydrogens (tertiary/aromatic N) is 4. The molecule has 3 heterocycles. The molecular weight excluding hydrogens is 457 g/mol. The molecule has 182 valence electrons. The molecule has 0 spiro atoms. The number of benzene rings is 2. The predicted molar refractivity (Wildman–Crippen MR) is 124 cm³/mol. The summed E-state index contributed by atoms with van der Waals surface area (Å²) in [6.07, 6.45) is 2.50. The zero-order valence-electron chi connectivity index (χ0n) is 19.3. The zero-order chi connectivity index (χ0) is 24.5. The number of carbonyl (C=O) groups is 1. The van der Waals surface area contributed by atoms with Crippen LogP contribution in [0.3, 0.4) is 0 Å². The van der Waals surface area contributed by atoms with Crippen LogP contribution in [0.1, 0.15) is 41.4 Å². The third-order valence-electron chi connectivity index (χ3n) is 6.56. The lowest BCUT2D eigenvalue weighted by Crippen LogP contribution is -2.38. The van der Waals surface area contributed by atoms with E-state index in [0.29, 0.717) is 36.0 Å². The summed E-state index contributed by atoms with van der Waals surface area (Å²) < 4.78 is 47.0. The first kappa shape index (κ1) is 23.1. The van der Waals surface area contributed by atoms with E-state index in [-0.39, 0.29) is 24.1 Å². The number of amides is 1. The largest absolute Gasteiger partial charge is 0.435 e. The fourth-order valence-corrected chi connectivity index (χ4v) is 4.42. The Morgan fingerprint density at radius 1 is 0.971 bits per heavy atom. The number of ether oxygens (including phenoxy) is 1. The third kappa shape index (κ3) is 4.94. The average molecular weight is 483 g/mol. The molecule has 1 aromatic heterocycles. The lowest BCUT2D eigenvalue weighted by atomic mass is 9.99. The molecule has 35 heavy (non-hydrogen) atoms. The van der Waals surface area contributed by atoms with Gasteiger partial charge in [-0.15, -0.1) is 0 Å². The van der Waals surface area contributed by atoms with Crippen molar-refractivity contribution in [1.29, 1.82) is 0 Å². The van der Waals surface area contributed by atoms with Crippen molar-refractivity contribution in [3.05, 3.63) is 76.7 Å². The molecule has 0 N–H and O–H groups in total. The highest BCUT2D eigenvalue weighted by Crippen LogP contribution is 2.34. The van der Waals surface area contributed by atoms with Crippen molar-refractivity contribution in [3.8, 4) is 11.6 Å². The molecule has 2 aliphatic heterocycles. The second-order valence-electron chi connectivity index (χ2n) is 9.08. The Labute approximate surface area is 201 Å². The van der Waals surface area contributed by atoms with Crippen molar-refractivity contribution >= 4 is 11.9 Å². The number of halogens is 3. The summed E-state index contributed by atoms with van der Waals surface area (Å²) in [6, 6.07) is 8.44. The van der Waals surface area contributed by atoms with Gasteiger partial charge in [-0.1, -0.05) is 6.92 Å². The van der Waals surface area contributed by atoms with Crippen molar-refractivity contribution in [2.75, 3.05) is 24.5 Å². The summed E-state index contributed by atoms with van der Waals surface area (Å²) in [7, 11) is 0. The Morgan fingerprint density at radius 3 is 2.40 bits per heavy atom. The van der Waals surface area contributed by atoms with Crippen LogP contribution < -0.4 is 9.64 Å². The van der Waals surface area contributed by atoms with E-state index >= 15 is 0 Å². The van der Waals surface area contributed by atoms with E-state index in [0.717, 1.165) is 43.8 Å². The van der Waals surface area contributed by atoms with Gasteiger partial charge in [0.25, 0.3) is 5.91 Å². The molecule has 1 fully saturated rings. The molecule has 0 atom stereocenters. The van der Waals surface area contributed by atoms with Gasteiger partial charge in [-0.25, -0.2) is 18.2 Å². The second kappa shape index (κ2) is 9.56. The van der Waals surface area contributed by atoms with Gasteiger partial charge < -0.3 is 14.5 Å². The fraction of sp³-hybridized carbons (Fsp3) is 0.346. The summed E-state index contributed by atoms with van der Waals surface area (Å²) in [5.74, 6) is -1.12. The number of hydrogen-bond donors (Lipinski definition) is 0. The number of carbonyl (C=O) groups excluding carboxylic acids is 1. The van der Waals surface area contributed by atoms with Crippen molar-refractivity contribution < 1.29 is 22.7 Å². The van der Waals surface area contributed by atoms with Crippen molar-refractivity contribution in [3.63, 3.8) is 0 Å². The molecule has 2 aliphatic rings. The molecule has 9 heteroatoms. The molecule has 2 aromatic carbocycles. The highest BCUT2D eigenvalue weighted by atomic mass is 19.1. The summed E-state index contributed by atoms with van der Waals surface area (Å²) >= 11 is 0. The molecule has 1 amide bonds. The summed E-state index contributed by atoms with van der Waals surface area (Å²) in [5, 5.41) is 0. The van der Waals surface area contributed by atoms with Gasteiger partial charge in [-0.05, 0) is 55.2 Å². The van der Waals surface area contributed by atoms with Crippen LogP contribution in [0.2, 0.25) is 0 Å². The maximum atomic E-state index is 14.4. The Kier molecular flexibility index (Phi) is 6.32. The number of fused-ring (bicyclic) bond motifs is 1. The minimum atomic E-state index is -0.847. The highest BCUT2D eigenvalue weighted by molar-refractivity contribution is 5.94. The fourth-order valence-electron chi connectivity index (χ4n) is 4.42. The van der Waals surface area contributed by atoms with Crippen LogP contribution >= 0.6 is 0 Å². The van der Waals surface area contributed by atoms with Crippen LogP contribution in [-0.2, 0) is 13.0 Å². The van der Waals surface area contributed by atoms with Crippen LogP contribution in [0.4, 0.5) is 19.1 Å². The van der Waals surface area contributed by atoms with Gasteiger partial charge in [0, 0.05) is 37.7 Å². The van der Waals surface area contributed by atoms with Gasteiger partial charge >= 0.3 is 0 Å². The van der Waals surface area contributed by atoms with Crippen molar-refractivity contribution in [2.45, 2.75) is 32.7 Å². The van der Waals surface area contributed by atoms with Crippen LogP contribution in [-0.4, -0.2) is 40.4 Å². The molecule has 1 saturated heterocycles. The van der Waals surface area contributed by atoms with Crippen molar-refractivity contribution in [2.24, 2.45) is 5.92 Å². The first-order chi connectivity index (χ1) is 16.9. The van der Waals surface area contributed by atoms with E-state index in [1.54, 1.807) is 4.90 Å². The first-order valence-corrected chi connectivity index (χ1v) is 11.7. The SMILES string of the molecule is CC1CCN(c2nc3c(c(Oc4ccc(F)cc4F)n2)CN(C(=O)c2ccc(F)cc2)CC3)CC1. The summed E-state index contributed by atoms with van der Waals surface area (Å²) in [6.45, 7) is 4.39. The monoisotopic (exact) mass is 482 g/mol. The van der Waals surface area contributed by atoms with Crippen LogP contribution in [0.5, 0.6) is 11.6 Å². The number of piperidine rings is 1. The quantitative estimate of drug-likeness (QED) is 0.517. The minimum Gasteiger partial charge on any atom is -0.435 e. The van der Waals surface area contributed by atoms with E-state index in [1.165, 1.54) is 30.3 Å².